The van der Waals surface area contributed by atoms with Crippen LogP contribution >= 0.6 is 39.0 Å². The Morgan fingerprint density at radius 2 is 2.15 bits per heavy atom. The van der Waals surface area contributed by atoms with Crippen molar-refractivity contribution in [2.24, 2.45) is 0 Å². The second-order valence-electron chi connectivity index (χ2n) is 3.89. The summed E-state index contributed by atoms with van der Waals surface area (Å²) in [7, 11) is 1.22. The number of ether oxygens (including phenoxy) is 1. The van der Waals surface area contributed by atoms with E-state index < -0.39 is 23.2 Å². The largest absolute Gasteiger partial charge is 0.467 e. The number of rotatable bonds is 3. The van der Waals surface area contributed by atoms with Crippen molar-refractivity contribution < 1.29 is 19.1 Å². The Morgan fingerprint density at radius 1 is 1.45 bits per heavy atom. The smallest absolute Gasteiger partial charge is 0.328 e. The molecule has 2 heterocycles. The molecule has 0 N–H and O–H groups in total. The number of imide groups is 1. The molecule has 1 fully saturated rings. The number of esters is 1. The maximum atomic E-state index is 12.2. The third-order valence-electron chi connectivity index (χ3n) is 2.62. The molecule has 1 aromatic rings. The Labute approximate surface area is 132 Å². The van der Waals surface area contributed by atoms with Gasteiger partial charge in [0.05, 0.1) is 15.8 Å². The molecule has 0 spiro atoms. The molecule has 0 bridgehead atoms. The number of hydrogen-bond acceptors (Lipinski definition) is 6. The average molecular weight is 376 g/mol. The van der Waals surface area contributed by atoms with Crippen molar-refractivity contribution in [1.29, 1.82) is 0 Å². The van der Waals surface area contributed by atoms with Gasteiger partial charge in [-0.1, -0.05) is 0 Å². The number of carbonyl (C=O) groups excluding carboxylic acids is 3. The zero-order chi connectivity index (χ0) is 14.9. The van der Waals surface area contributed by atoms with Crippen molar-refractivity contribution in [1.82, 2.24) is 4.90 Å². The van der Waals surface area contributed by atoms with Crippen molar-refractivity contribution in [2.45, 2.75) is 13.0 Å². The predicted molar refractivity (Wildman–Crippen MR) is 81.3 cm³/mol. The molecule has 0 aromatic carbocycles. The van der Waals surface area contributed by atoms with E-state index in [0.29, 0.717) is 4.91 Å². The van der Waals surface area contributed by atoms with Crippen LogP contribution in [0, 0.1) is 0 Å². The van der Waals surface area contributed by atoms with Crippen LogP contribution < -0.4 is 0 Å². The maximum Gasteiger partial charge on any atom is 0.328 e. The second-order valence-corrected chi connectivity index (χ2v) is 7.38. The van der Waals surface area contributed by atoms with Gasteiger partial charge < -0.3 is 4.74 Å². The molecule has 2 amide bonds. The molecular weight excluding hydrogens is 366 g/mol. The standard InChI is InChI=1S/C12H10BrNO4S2/c1-6(11(16)18-2)14-10(15)8(20-12(14)17)5-7-3-4-9(13)19-7/h3-6H,1-2H3/b8-5-/t6-/m0/s1. The van der Waals surface area contributed by atoms with E-state index in [2.05, 4.69) is 20.7 Å². The summed E-state index contributed by atoms with van der Waals surface area (Å²) in [4.78, 5) is 37.6. The molecule has 20 heavy (non-hydrogen) atoms. The molecule has 106 valence electrons. The minimum atomic E-state index is -0.923. The minimum absolute atomic E-state index is 0.306. The molecule has 2 rings (SSSR count). The quantitative estimate of drug-likeness (QED) is 0.599. The number of amides is 2. The lowest BCUT2D eigenvalue weighted by Crippen LogP contribution is -2.42. The molecule has 0 saturated carbocycles. The molecule has 0 radical (unpaired) electrons. The highest BCUT2D eigenvalue weighted by Gasteiger charge is 2.41. The first-order valence-electron chi connectivity index (χ1n) is 5.54. The predicted octanol–water partition coefficient (Wildman–Crippen LogP) is 3.11. The molecule has 1 aliphatic rings. The zero-order valence-electron chi connectivity index (χ0n) is 10.6. The molecule has 0 aliphatic carbocycles. The van der Waals surface area contributed by atoms with E-state index in [-0.39, 0.29) is 0 Å². The number of methoxy groups -OCH3 is 1. The lowest BCUT2D eigenvalue weighted by molar-refractivity contribution is -0.148. The highest BCUT2D eigenvalue weighted by Crippen LogP contribution is 2.35. The van der Waals surface area contributed by atoms with Gasteiger partial charge in [-0.3, -0.25) is 14.5 Å². The van der Waals surface area contributed by atoms with Crippen LogP contribution in [0.4, 0.5) is 4.79 Å². The first kappa shape index (κ1) is 15.3. The lowest BCUT2D eigenvalue weighted by atomic mass is 10.3. The van der Waals surface area contributed by atoms with Crippen LogP contribution in [-0.4, -0.2) is 35.2 Å². The van der Waals surface area contributed by atoms with Crippen molar-refractivity contribution in [3.05, 3.63) is 25.7 Å². The summed E-state index contributed by atoms with van der Waals surface area (Å²) in [5, 5.41) is -0.463. The number of thioether (sulfide) groups is 1. The van der Waals surface area contributed by atoms with Crippen LogP contribution in [-0.2, 0) is 14.3 Å². The lowest BCUT2D eigenvalue weighted by Gasteiger charge is -2.18. The minimum Gasteiger partial charge on any atom is -0.467 e. The molecule has 8 heteroatoms. The van der Waals surface area contributed by atoms with Crippen molar-refractivity contribution >= 4 is 62.2 Å². The fourth-order valence-electron chi connectivity index (χ4n) is 1.62. The van der Waals surface area contributed by atoms with Gasteiger partial charge in [0.1, 0.15) is 6.04 Å². The Hall–Kier alpha value is -1.12. The summed E-state index contributed by atoms with van der Waals surface area (Å²) < 4.78 is 5.50. The third-order valence-corrected chi connectivity index (χ3v) is 5.07. The van der Waals surface area contributed by atoms with Gasteiger partial charge in [0.15, 0.2) is 0 Å². The van der Waals surface area contributed by atoms with E-state index in [1.165, 1.54) is 25.4 Å². The van der Waals surface area contributed by atoms with E-state index in [1.807, 2.05) is 12.1 Å². The number of thiophene rings is 1. The fraction of sp³-hybridized carbons (Fsp3) is 0.250. The van der Waals surface area contributed by atoms with E-state index in [0.717, 1.165) is 25.3 Å². The van der Waals surface area contributed by atoms with Crippen LogP contribution in [0.1, 0.15) is 11.8 Å². The van der Waals surface area contributed by atoms with Gasteiger partial charge in [-0.25, -0.2) is 4.79 Å². The monoisotopic (exact) mass is 375 g/mol. The van der Waals surface area contributed by atoms with E-state index in [1.54, 1.807) is 6.08 Å². The van der Waals surface area contributed by atoms with Crippen LogP contribution in [0.15, 0.2) is 20.8 Å². The molecule has 0 unspecified atom stereocenters. The van der Waals surface area contributed by atoms with Crippen LogP contribution in [0.5, 0.6) is 0 Å². The van der Waals surface area contributed by atoms with Gasteiger partial charge in [0.25, 0.3) is 11.1 Å². The van der Waals surface area contributed by atoms with Gasteiger partial charge in [-0.15, -0.1) is 11.3 Å². The SMILES string of the molecule is COC(=O)[C@H](C)N1C(=O)S/C(=C\c2ccc(Br)s2)C1=O. The number of nitrogens with zero attached hydrogens (tertiary/aromatic N) is 1. The fourth-order valence-corrected chi connectivity index (χ4v) is 3.97. The zero-order valence-corrected chi connectivity index (χ0v) is 13.8. The van der Waals surface area contributed by atoms with Gasteiger partial charge in [-0.2, -0.15) is 0 Å². The molecule has 5 nitrogen and oxygen atoms in total. The van der Waals surface area contributed by atoms with Crippen LogP contribution in [0.3, 0.4) is 0 Å². The normalized spacial score (nSPS) is 18.8. The number of halogens is 1. The van der Waals surface area contributed by atoms with Crippen molar-refractivity contribution in [2.75, 3.05) is 7.11 Å². The van der Waals surface area contributed by atoms with Crippen molar-refractivity contribution in [3.8, 4) is 0 Å². The molecule has 1 saturated heterocycles. The number of hydrogen-bond donors (Lipinski definition) is 0. The van der Waals surface area contributed by atoms with E-state index in [9.17, 15) is 14.4 Å². The van der Waals surface area contributed by atoms with Gasteiger partial charge in [0, 0.05) is 4.88 Å². The molecule has 1 aromatic heterocycles. The Bertz CT molecular complexity index is 610. The van der Waals surface area contributed by atoms with Crippen molar-refractivity contribution in [3.63, 3.8) is 0 Å². The summed E-state index contributed by atoms with van der Waals surface area (Å²) >= 11 is 5.61. The van der Waals surface area contributed by atoms with Crippen LogP contribution in [0.2, 0.25) is 0 Å². The topological polar surface area (TPSA) is 63.7 Å². The molecule has 1 aliphatic heterocycles. The summed E-state index contributed by atoms with van der Waals surface area (Å²) in [5.41, 5.74) is 0. The van der Waals surface area contributed by atoms with Gasteiger partial charge in [-0.05, 0) is 52.8 Å². The summed E-state index contributed by atoms with van der Waals surface area (Å²) in [5.74, 6) is -1.09. The Balaban J connectivity index is 2.25. The summed E-state index contributed by atoms with van der Waals surface area (Å²) in [6.45, 7) is 1.47. The summed E-state index contributed by atoms with van der Waals surface area (Å²) in [6, 6.07) is 2.78. The average Bonchev–Trinajstić information content (AvgIpc) is 2.93. The first-order chi connectivity index (χ1) is 9.43. The van der Waals surface area contributed by atoms with Crippen LogP contribution in [0.25, 0.3) is 6.08 Å². The molecular formula is C12H10BrNO4S2. The van der Waals surface area contributed by atoms with Gasteiger partial charge in [0.2, 0.25) is 0 Å². The third kappa shape index (κ3) is 2.97. The van der Waals surface area contributed by atoms with E-state index in [4.69, 9.17) is 0 Å². The summed E-state index contributed by atoms with van der Waals surface area (Å²) in [6.07, 6.45) is 1.64. The van der Waals surface area contributed by atoms with Gasteiger partial charge >= 0.3 is 5.97 Å². The first-order valence-corrected chi connectivity index (χ1v) is 7.97. The highest BCUT2D eigenvalue weighted by molar-refractivity contribution is 9.11. The highest BCUT2D eigenvalue weighted by atomic mass is 79.9. The Kier molecular flexibility index (Phi) is 4.66. The number of carbonyl (C=O) groups is 3. The molecule has 1 atom stereocenters. The maximum absolute atomic E-state index is 12.2. The van der Waals surface area contributed by atoms with E-state index >= 15 is 0 Å². The Morgan fingerprint density at radius 3 is 2.70 bits per heavy atom. The second kappa shape index (κ2) is 6.11.